The third-order valence-corrected chi connectivity index (χ3v) is 4.85. The van der Waals surface area contributed by atoms with Crippen LogP contribution in [0, 0.1) is 0 Å². The van der Waals surface area contributed by atoms with Gasteiger partial charge in [0, 0.05) is 39.3 Å². The molecule has 0 aliphatic carbocycles. The van der Waals surface area contributed by atoms with E-state index in [2.05, 4.69) is 43.6 Å². The van der Waals surface area contributed by atoms with Gasteiger partial charge in [-0.25, -0.2) is 4.98 Å². The maximum Gasteiger partial charge on any atom is 0.140 e. The molecule has 0 radical (unpaired) electrons. The van der Waals surface area contributed by atoms with E-state index in [-0.39, 0.29) is 0 Å². The summed E-state index contributed by atoms with van der Waals surface area (Å²) in [7, 11) is 1.96. The smallest absolute Gasteiger partial charge is 0.140 e. The molecule has 20 heavy (non-hydrogen) atoms. The molecule has 1 unspecified atom stereocenters. The minimum atomic E-state index is 0.526. The molecule has 3 heterocycles. The fraction of sp³-hybridized carbons (Fsp3) is 0.571. The highest BCUT2D eigenvalue weighted by atomic mass is 32.1. The summed E-state index contributed by atoms with van der Waals surface area (Å²) < 4.78 is 1.86. The van der Waals surface area contributed by atoms with Crippen molar-refractivity contribution in [3.8, 4) is 0 Å². The fourth-order valence-electron chi connectivity index (χ4n) is 2.70. The van der Waals surface area contributed by atoms with Crippen LogP contribution >= 0.6 is 11.3 Å². The van der Waals surface area contributed by atoms with E-state index in [1.54, 1.807) is 17.7 Å². The van der Waals surface area contributed by atoms with Gasteiger partial charge in [0.1, 0.15) is 12.2 Å². The maximum atomic E-state index is 4.30. The molecule has 2 aromatic rings. The SMILES string of the molecule is CC(c1ccsc1)N1CCN(Cc2ncnn2C)CC1. The van der Waals surface area contributed by atoms with Crippen LogP contribution in [0.15, 0.2) is 23.2 Å². The topological polar surface area (TPSA) is 37.2 Å². The zero-order valence-corrected chi connectivity index (χ0v) is 12.9. The molecule has 1 fully saturated rings. The zero-order chi connectivity index (χ0) is 13.9. The molecule has 1 aliphatic heterocycles. The fourth-order valence-corrected chi connectivity index (χ4v) is 3.44. The molecule has 0 amide bonds. The van der Waals surface area contributed by atoms with Crippen LogP contribution in [-0.4, -0.2) is 50.7 Å². The second-order valence-corrected chi connectivity index (χ2v) is 6.12. The molecule has 5 nitrogen and oxygen atoms in total. The number of aryl methyl sites for hydroxylation is 1. The van der Waals surface area contributed by atoms with E-state index in [1.807, 2.05) is 11.7 Å². The van der Waals surface area contributed by atoms with E-state index in [0.29, 0.717) is 6.04 Å². The lowest BCUT2D eigenvalue weighted by atomic mass is 10.1. The first kappa shape index (κ1) is 13.7. The lowest BCUT2D eigenvalue weighted by molar-refractivity contribution is 0.0956. The van der Waals surface area contributed by atoms with Gasteiger partial charge >= 0.3 is 0 Å². The highest BCUT2D eigenvalue weighted by Crippen LogP contribution is 2.23. The first-order valence-corrected chi connectivity index (χ1v) is 7.99. The van der Waals surface area contributed by atoms with Gasteiger partial charge in [0.25, 0.3) is 0 Å². The largest absolute Gasteiger partial charge is 0.294 e. The van der Waals surface area contributed by atoms with Crippen LogP contribution in [0.25, 0.3) is 0 Å². The molecule has 3 rings (SSSR count). The van der Waals surface area contributed by atoms with Gasteiger partial charge < -0.3 is 0 Å². The average Bonchev–Trinajstić information content (AvgIpc) is 3.12. The van der Waals surface area contributed by atoms with Crippen molar-refractivity contribution in [3.63, 3.8) is 0 Å². The molecule has 1 aliphatic rings. The first-order chi connectivity index (χ1) is 9.74. The zero-order valence-electron chi connectivity index (χ0n) is 12.1. The number of piperazine rings is 1. The lowest BCUT2D eigenvalue weighted by Crippen LogP contribution is -2.46. The molecule has 108 valence electrons. The van der Waals surface area contributed by atoms with Gasteiger partial charge in [0.05, 0.1) is 6.54 Å². The third-order valence-electron chi connectivity index (χ3n) is 4.15. The summed E-state index contributed by atoms with van der Waals surface area (Å²) in [6.07, 6.45) is 1.63. The summed E-state index contributed by atoms with van der Waals surface area (Å²) >= 11 is 1.78. The predicted molar refractivity (Wildman–Crippen MR) is 80.6 cm³/mol. The number of thiophene rings is 1. The molecule has 0 spiro atoms. The quantitative estimate of drug-likeness (QED) is 0.860. The number of hydrogen-bond donors (Lipinski definition) is 0. The van der Waals surface area contributed by atoms with Crippen LogP contribution in [0.2, 0.25) is 0 Å². The standard InChI is InChI=1S/C14H21N5S/c1-12(13-3-8-20-10-13)19-6-4-18(5-7-19)9-14-15-11-16-17(14)2/h3,8,10-12H,4-7,9H2,1-2H3. The molecule has 1 saturated heterocycles. The Balaban J connectivity index is 1.53. The maximum absolute atomic E-state index is 4.30. The van der Waals surface area contributed by atoms with E-state index in [1.165, 1.54) is 5.56 Å². The second kappa shape index (κ2) is 6.03. The Hall–Kier alpha value is -1.24. The summed E-state index contributed by atoms with van der Waals surface area (Å²) in [6.45, 7) is 7.64. The Labute approximate surface area is 123 Å². The van der Waals surface area contributed by atoms with Gasteiger partial charge in [0.2, 0.25) is 0 Å². The highest BCUT2D eigenvalue weighted by Gasteiger charge is 2.22. The molecule has 0 bridgehead atoms. The second-order valence-electron chi connectivity index (χ2n) is 5.34. The van der Waals surface area contributed by atoms with Crippen LogP contribution in [0.5, 0.6) is 0 Å². The van der Waals surface area contributed by atoms with Gasteiger partial charge in [-0.15, -0.1) is 0 Å². The molecule has 6 heteroatoms. The van der Waals surface area contributed by atoms with Gasteiger partial charge in [-0.2, -0.15) is 16.4 Å². The van der Waals surface area contributed by atoms with Gasteiger partial charge in [-0.05, 0) is 29.3 Å². The van der Waals surface area contributed by atoms with Crippen molar-refractivity contribution in [1.82, 2.24) is 24.6 Å². The Morgan fingerprint density at radius 1 is 1.30 bits per heavy atom. The molecule has 2 aromatic heterocycles. The van der Waals surface area contributed by atoms with Crippen molar-refractivity contribution in [2.75, 3.05) is 26.2 Å². The first-order valence-electron chi connectivity index (χ1n) is 7.05. The van der Waals surface area contributed by atoms with Crippen LogP contribution in [0.3, 0.4) is 0 Å². The lowest BCUT2D eigenvalue weighted by Gasteiger charge is -2.37. The molecular formula is C14H21N5S. The molecule has 0 aromatic carbocycles. The van der Waals surface area contributed by atoms with Crippen molar-refractivity contribution in [2.45, 2.75) is 19.5 Å². The summed E-state index contributed by atoms with van der Waals surface area (Å²) in [5.74, 6) is 1.05. The monoisotopic (exact) mass is 291 g/mol. The molecule has 0 saturated carbocycles. The number of nitrogens with zero attached hydrogens (tertiary/aromatic N) is 5. The molecule has 0 N–H and O–H groups in total. The Kier molecular flexibility index (Phi) is 4.14. The van der Waals surface area contributed by atoms with Gasteiger partial charge in [0.15, 0.2) is 0 Å². The summed E-state index contributed by atoms with van der Waals surface area (Å²) in [6, 6.07) is 2.76. The Morgan fingerprint density at radius 3 is 2.70 bits per heavy atom. The van der Waals surface area contributed by atoms with E-state index in [0.717, 1.165) is 38.5 Å². The van der Waals surface area contributed by atoms with E-state index < -0.39 is 0 Å². The Morgan fingerprint density at radius 2 is 2.10 bits per heavy atom. The van der Waals surface area contributed by atoms with Crippen molar-refractivity contribution in [3.05, 3.63) is 34.5 Å². The van der Waals surface area contributed by atoms with Crippen LogP contribution in [0.4, 0.5) is 0 Å². The van der Waals surface area contributed by atoms with Crippen molar-refractivity contribution in [1.29, 1.82) is 0 Å². The summed E-state index contributed by atoms with van der Waals surface area (Å²) in [5.41, 5.74) is 1.44. The minimum absolute atomic E-state index is 0.526. The van der Waals surface area contributed by atoms with Gasteiger partial charge in [-0.3, -0.25) is 14.5 Å². The summed E-state index contributed by atoms with van der Waals surface area (Å²) in [5, 5.41) is 8.55. The van der Waals surface area contributed by atoms with Crippen molar-refractivity contribution < 1.29 is 0 Å². The highest BCUT2D eigenvalue weighted by molar-refractivity contribution is 7.07. The number of rotatable bonds is 4. The van der Waals surface area contributed by atoms with Crippen molar-refractivity contribution in [2.24, 2.45) is 7.05 Å². The van der Waals surface area contributed by atoms with Crippen LogP contribution < -0.4 is 0 Å². The van der Waals surface area contributed by atoms with Crippen LogP contribution in [-0.2, 0) is 13.6 Å². The predicted octanol–water partition coefficient (Wildman–Crippen LogP) is 1.76. The molecule has 1 atom stereocenters. The average molecular weight is 291 g/mol. The normalized spacial score (nSPS) is 19.3. The summed E-state index contributed by atoms with van der Waals surface area (Å²) in [4.78, 5) is 9.33. The number of aromatic nitrogens is 3. The molecular weight excluding hydrogens is 270 g/mol. The van der Waals surface area contributed by atoms with E-state index >= 15 is 0 Å². The minimum Gasteiger partial charge on any atom is -0.294 e. The van der Waals surface area contributed by atoms with Crippen molar-refractivity contribution >= 4 is 11.3 Å². The third kappa shape index (κ3) is 2.92. The number of hydrogen-bond acceptors (Lipinski definition) is 5. The van der Waals surface area contributed by atoms with Gasteiger partial charge in [-0.1, -0.05) is 0 Å². The van der Waals surface area contributed by atoms with E-state index in [4.69, 9.17) is 0 Å². The Bertz CT molecular complexity index is 528. The van der Waals surface area contributed by atoms with E-state index in [9.17, 15) is 0 Å². The van der Waals surface area contributed by atoms with Crippen LogP contribution in [0.1, 0.15) is 24.4 Å².